The second-order valence-electron chi connectivity index (χ2n) is 14.7. The normalized spacial score (nSPS) is 12.0. The first-order valence-electron chi connectivity index (χ1n) is 18.2. The van der Waals surface area contributed by atoms with Gasteiger partial charge in [-0.05, 0) is 45.4 Å². The Morgan fingerprint density at radius 1 is 0.712 bits per heavy atom. The van der Waals surface area contributed by atoms with Gasteiger partial charge in [0.15, 0.2) is 0 Å². The maximum absolute atomic E-state index is 8.44. The summed E-state index contributed by atoms with van der Waals surface area (Å²) in [6.07, 6.45) is 3.81. The standard InChI is InChI=1S/C29H26NO.C18H18NSi.Ir/c1-18(2)21-15-16-30-26(17-21)24-14-13-23(20-9-6-5-7-10-20)27-25-12-8-11-22(19(3)4)28(25)31-29(24)27;1-20(2,3)15-11-12-18(19-13-15)17-10-6-8-14-7-4-5-9-16(14)17;/h5-13,15-19H,1-4H3;4-9,11-13H,1-3H3;/q2*-1;/i18D;;. The first-order valence-corrected chi connectivity index (χ1v) is 21.2. The molecule has 5 aromatic carbocycles. The van der Waals surface area contributed by atoms with E-state index in [4.69, 9.17) is 5.79 Å². The topological polar surface area (TPSA) is 38.9 Å². The smallest absolute Gasteiger partial charge is 0.124 e. The molecule has 5 heteroatoms. The van der Waals surface area contributed by atoms with E-state index in [0.29, 0.717) is 5.92 Å². The Labute approximate surface area is 323 Å². The predicted octanol–water partition coefficient (Wildman–Crippen LogP) is 12.6. The van der Waals surface area contributed by atoms with Crippen molar-refractivity contribution < 1.29 is 25.9 Å². The van der Waals surface area contributed by atoms with Crippen LogP contribution in [0.2, 0.25) is 19.6 Å². The molecule has 0 atom stereocenters. The van der Waals surface area contributed by atoms with Crippen molar-refractivity contribution >= 4 is 46.0 Å². The summed E-state index contributed by atoms with van der Waals surface area (Å²) in [4.78, 5) is 9.30. The molecule has 3 aromatic heterocycles. The first-order chi connectivity index (χ1) is 24.9. The van der Waals surface area contributed by atoms with E-state index in [2.05, 4.69) is 141 Å². The van der Waals surface area contributed by atoms with E-state index in [1.807, 2.05) is 50.4 Å². The number of benzene rings is 5. The fourth-order valence-electron chi connectivity index (χ4n) is 6.59. The quantitative estimate of drug-likeness (QED) is 0.123. The summed E-state index contributed by atoms with van der Waals surface area (Å²) in [6, 6.07) is 46.3. The van der Waals surface area contributed by atoms with Crippen molar-refractivity contribution in [2.75, 3.05) is 0 Å². The van der Waals surface area contributed by atoms with Gasteiger partial charge in [-0.1, -0.05) is 166 Å². The average molecular weight is 874 g/mol. The summed E-state index contributed by atoms with van der Waals surface area (Å²) in [6.45, 7) is 15.2. The number of hydrogen-bond donors (Lipinski definition) is 0. The summed E-state index contributed by atoms with van der Waals surface area (Å²) in [7, 11) is -1.28. The molecule has 0 aliphatic rings. The third kappa shape index (κ3) is 7.45. The number of nitrogens with zero attached hydrogens (tertiary/aromatic N) is 2. The average Bonchev–Trinajstić information content (AvgIpc) is 3.54. The van der Waals surface area contributed by atoms with Crippen LogP contribution in [0.3, 0.4) is 0 Å². The first kappa shape index (κ1) is 35.7. The Hall–Kier alpha value is -4.67. The van der Waals surface area contributed by atoms with Gasteiger partial charge in [0.25, 0.3) is 0 Å². The second kappa shape index (κ2) is 15.5. The molecule has 52 heavy (non-hydrogen) atoms. The van der Waals surface area contributed by atoms with Gasteiger partial charge in [0.05, 0.1) is 13.7 Å². The van der Waals surface area contributed by atoms with Gasteiger partial charge in [-0.2, -0.15) is 0 Å². The minimum absolute atomic E-state index is 0. The molecule has 0 N–H and O–H groups in total. The van der Waals surface area contributed by atoms with Crippen molar-refractivity contribution in [3.8, 4) is 33.6 Å². The Bertz CT molecular complexity index is 2510. The van der Waals surface area contributed by atoms with Crippen molar-refractivity contribution in [3.05, 3.63) is 151 Å². The molecule has 0 saturated heterocycles. The molecule has 0 bridgehead atoms. The fourth-order valence-corrected chi connectivity index (χ4v) is 7.63. The Morgan fingerprint density at radius 2 is 1.46 bits per heavy atom. The zero-order chi connectivity index (χ0) is 36.6. The largest absolute Gasteiger partial charge is 0.500 e. The monoisotopic (exact) mass is 874 g/mol. The number of hydrogen-bond acceptors (Lipinski definition) is 3. The van der Waals surface area contributed by atoms with Gasteiger partial charge in [-0.3, -0.25) is 0 Å². The molecule has 0 aliphatic carbocycles. The van der Waals surface area contributed by atoms with E-state index in [9.17, 15) is 0 Å². The number of aromatic nitrogens is 2. The Kier molecular flexibility index (Phi) is 10.7. The SMILES string of the molecule is C[Si](C)(C)c1ccc(-c2[c-]ccc3ccccc23)nc1.[2H]C(C)(C)c1ccnc(-c2[c-]cc(-c3ccccc3)c3c2oc2c(C(C)C)cccc23)c1.[Ir]. The molecule has 0 fully saturated rings. The van der Waals surface area contributed by atoms with Gasteiger partial charge < -0.3 is 14.4 Å². The molecule has 263 valence electrons. The fraction of sp³-hybridized carbons (Fsp3) is 0.191. The molecule has 0 unspecified atom stereocenters. The van der Waals surface area contributed by atoms with E-state index in [-0.39, 0.29) is 20.1 Å². The van der Waals surface area contributed by atoms with Gasteiger partial charge in [0, 0.05) is 39.3 Å². The van der Waals surface area contributed by atoms with Crippen molar-refractivity contribution in [1.82, 2.24) is 9.97 Å². The third-order valence-electron chi connectivity index (χ3n) is 9.51. The summed E-state index contributed by atoms with van der Waals surface area (Å²) in [5, 5.41) is 6.03. The van der Waals surface area contributed by atoms with Crippen LogP contribution >= 0.6 is 0 Å². The van der Waals surface area contributed by atoms with Crippen LogP contribution in [-0.2, 0) is 20.1 Å². The van der Waals surface area contributed by atoms with Gasteiger partial charge in [-0.25, -0.2) is 0 Å². The minimum Gasteiger partial charge on any atom is -0.500 e. The summed E-state index contributed by atoms with van der Waals surface area (Å²) in [5.41, 5.74) is 9.75. The van der Waals surface area contributed by atoms with Crippen molar-refractivity contribution in [2.24, 2.45) is 0 Å². The molecule has 8 rings (SSSR count). The number of furan rings is 1. The molecular weight excluding hydrogens is 829 g/mol. The molecule has 3 heterocycles. The van der Waals surface area contributed by atoms with E-state index in [0.717, 1.165) is 61.1 Å². The molecule has 3 nitrogen and oxygen atoms in total. The second-order valence-corrected chi connectivity index (χ2v) is 19.8. The van der Waals surface area contributed by atoms with Crippen LogP contribution in [0.1, 0.15) is 52.0 Å². The summed E-state index contributed by atoms with van der Waals surface area (Å²) < 4.78 is 15.0. The maximum Gasteiger partial charge on any atom is 0.124 e. The van der Waals surface area contributed by atoms with Crippen LogP contribution in [0.5, 0.6) is 0 Å². The van der Waals surface area contributed by atoms with Gasteiger partial charge >= 0.3 is 0 Å². The van der Waals surface area contributed by atoms with Crippen molar-refractivity contribution in [1.29, 1.82) is 0 Å². The maximum atomic E-state index is 8.44. The van der Waals surface area contributed by atoms with Crippen LogP contribution in [0.15, 0.2) is 132 Å². The third-order valence-corrected chi connectivity index (χ3v) is 11.5. The zero-order valence-electron chi connectivity index (χ0n) is 31.8. The molecule has 8 aromatic rings. The van der Waals surface area contributed by atoms with Crippen LogP contribution in [0.4, 0.5) is 0 Å². The Balaban J connectivity index is 0.000000197. The number of rotatable bonds is 6. The van der Waals surface area contributed by atoms with Crippen LogP contribution < -0.4 is 5.19 Å². The molecule has 0 aliphatic heterocycles. The summed E-state index contributed by atoms with van der Waals surface area (Å²) >= 11 is 0. The molecular formula is C47H44IrN2OSi-2. The van der Waals surface area contributed by atoms with Crippen molar-refractivity contribution in [2.45, 2.75) is 59.1 Å². The molecule has 0 saturated carbocycles. The number of para-hydroxylation sites is 1. The predicted molar refractivity (Wildman–Crippen MR) is 218 cm³/mol. The molecule has 0 amide bonds. The van der Waals surface area contributed by atoms with E-state index >= 15 is 0 Å². The zero-order valence-corrected chi connectivity index (χ0v) is 34.2. The minimum atomic E-state index is -1.28. The van der Waals surface area contributed by atoms with Gasteiger partial charge in [0.1, 0.15) is 5.58 Å². The van der Waals surface area contributed by atoms with Crippen molar-refractivity contribution in [3.63, 3.8) is 0 Å². The molecule has 0 spiro atoms. The molecule has 1 radical (unpaired) electrons. The number of fused-ring (bicyclic) bond motifs is 4. The number of pyridine rings is 2. The Morgan fingerprint density at radius 3 is 2.17 bits per heavy atom. The van der Waals surface area contributed by atoms with E-state index in [1.165, 1.54) is 21.5 Å². The van der Waals surface area contributed by atoms with E-state index in [1.54, 1.807) is 6.20 Å². The van der Waals surface area contributed by atoms with Gasteiger partial charge in [-0.15, -0.1) is 41.3 Å². The van der Waals surface area contributed by atoms with Gasteiger partial charge in [0.2, 0.25) is 0 Å². The van der Waals surface area contributed by atoms with E-state index < -0.39 is 14.0 Å². The van der Waals surface area contributed by atoms with Crippen LogP contribution in [0, 0.1) is 12.1 Å². The van der Waals surface area contributed by atoms with Crippen LogP contribution in [0.25, 0.3) is 66.4 Å². The summed E-state index contributed by atoms with van der Waals surface area (Å²) in [5.74, 6) is -0.364. The van der Waals surface area contributed by atoms with Crippen LogP contribution in [-0.4, -0.2) is 18.0 Å².